The molecule has 1 heterocycles. The van der Waals surface area contributed by atoms with Crippen LogP contribution >= 0.6 is 0 Å². The summed E-state index contributed by atoms with van der Waals surface area (Å²) >= 11 is 0. The molecule has 0 saturated carbocycles. The Morgan fingerprint density at radius 1 is 1.06 bits per heavy atom. The van der Waals surface area contributed by atoms with Gasteiger partial charge in [-0.3, -0.25) is 14.2 Å². The van der Waals surface area contributed by atoms with Crippen LogP contribution in [0.2, 0.25) is 0 Å². The van der Waals surface area contributed by atoms with Crippen LogP contribution in [0.15, 0.2) is 71.5 Å². The minimum Gasteiger partial charge on any atom is -0.493 e. The van der Waals surface area contributed by atoms with Crippen LogP contribution in [0.4, 0.5) is 0 Å². The van der Waals surface area contributed by atoms with Crippen LogP contribution in [0.25, 0.3) is 16.6 Å². The van der Waals surface area contributed by atoms with E-state index in [1.54, 1.807) is 48.9 Å². The lowest BCUT2D eigenvalue weighted by molar-refractivity contribution is 0.0940. The quantitative estimate of drug-likeness (QED) is 0.392. The summed E-state index contributed by atoms with van der Waals surface area (Å²) in [6.07, 6.45) is 0.905. The van der Waals surface area contributed by atoms with E-state index in [2.05, 4.69) is 10.3 Å². The number of hydrogen-bond donors (Lipinski definition) is 1. The van der Waals surface area contributed by atoms with Crippen LogP contribution in [0.1, 0.15) is 48.1 Å². The molecule has 1 atom stereocenters. The van der Waals surface area contributed by atoms with Crippen molar-refractivity contribution in [3.05, 3.63) is 94.0 Å². The van der Waals surface area contributed by atoms with Crippen molar-refractivity contribution in [1.82, 2.24) is 14.9 Å². The highest BCUT2D eigenvalue weighted by Crippen LogP contribution is 2.30. The van der Waals surface area contributed by atoms with Gasteiger partial charge in [-0.15, -0.1) is 0 Å². The lowest BCUT2D eigenvalue weighted by atomic mass is 10.1. The van der Waals surface area contributed by atoms with Gasteiger partial charge in [-0.1, -0.05) is 25.1 Å². The summed E-state index contributed by atoms with van der Waals surface area (Å²) in [6.45, 7) is 6.36. The molecule has 4 rings (SSSR count). The van der Waals surface area contributed by atoms with Crippen molar-refractivity contribution in [2.45, 2.75) is 33.2 Å². The van der Waals surface area contributed by atoms with Gasteiger partial charge in [0.1, 0.15) is 5.82 Å². The maximum Gasteiger partial charge on any atom is 0.265 e. The van der Waals surface area contributed by atoms with E-state index in [1.807, 2.05) is 50.2 Å². The molecule has 0 fully saturated rings. The zero-order chi connectivity index (χ0) is 24.9. The molecular weight excluding hydrogens is 442 g/mol. The van der Waals surface area contributed by atoms with Crippen molar-refractivity contribution in [2.24, 2.45) is 0 Å². The fraction of sp³-hybridized carbons (Fsp3) is 0.250. The van der Waals surface area contributed by atoms with Crippen LogP contribution in [-0.4, -0.2) is 29.2 Å². The Bertz CT molecular complexity index is 1410. The third kappa shape index (κ3) is 5.04. The summed E-state index contributed by atoms with van der Waals surface area (Å²) in [5.41, 5.74) is 2.58. The second-order valence-electron chi connectivity index (χ2n) is 8.32. The SMILES string of the molecule is CCCOc1ccc(C(C)NC(=O)c2ccc(-n3c(C)nc4ccccc4c3=O)cc2)cc1OC. The largest absolute Gasteiger partial charge is 0.493 e. The molecule has 1 unspecified atom stereocenters. The van der Waals surface area contributed by atoms with Gasteiger partial charge in [0, 0.05) is 5.56 Å². The Labute approximate surface area is 204 Å². The van der Waals surface area contributed by atoms with Crippen molar-refractivity contribution in [2.75, 3.05) is 13.7 Å². The lowest BCUT2D eigenvalue weighted by Gasteiger charge is -2.17. The third-order valence-corrected chi connectivity index (χ3v) is 5.83. The number of carbonyl (C=O) groups is 1. The predicted octanol–water partition coefficient (Wildman–Crippen LogP) is 4.98. The van der Waals surface area contributed by atoms with Crippen molar-refractivity contribution in [3.8, 4) is 17.2 Å². The van der Waals surface area contributed by atoms with Crippen molar-refractivity contribution in [1.29, 1.82) is 0 Å². The van der Waals surface area contributed by atoms with E-state index >= 15 is 0 Å². The van der Waals surface area contributed by atoms with Crippen LogP contribution in [-0.2, 0) is 0 Å². The first-order valence-corrected chi connectivity index (χ1v) is 11.6. The first-order chi connectivity index (χ1) is 16.9. The molecule has 1 N–H and O–H groups in total. The number of fused-ring (bicyclic) bond motifs is 1. The minimum absolute atomic E-state index is 0.140. The van der Waals surface area contributed by atoms with Gasteiger partial charge in [0.25, 0.3) is 11.5 Å². The number of aryl methyl sites for hydroxylation is 1. The topological polar surface area (TPSA) is 82.5 Å². The molecule has 7 heteroatoms. The average Bonchev–Trinajstić information content (AvgIpc) is 2.87. The Hall–Kier alpha value is -4.13. The fourth-order valence-electron chi connectivity index (χ4n) is 3.96. The number of amides is 1. The smallest absolute Gasteiger partial charge is 0.265 e. The summed E-state index contributed by atoms with van der Waals surface area (Å²) < 4.78 is 12.7. The van der Waals surface area contributed by atoms with Gasteiger partial charge in [0.15, 0.2) is 11.5 Å². The molecule has 0 radical (unpaired) electrons. The molecule has 4 aromatic rings. The summed E-state index contributed by atoms with van der Waals surface area (Å²) in [4.78, 5) is 30.5. The molecule has 7 nitrogen and oxygen atoms in total. The summed E-state index contributed by atoms with van der Waals surface area (Å²) in [5.74, 6) is 1.68. The molecule has 3 aromatic carbocycles. The van der Waals surface area contributed by atoms with Crippen molar-refractivity contribution in [3.63, 3.8) is 0 Å². The number of ether oxygens (including phenoxy) is 2. The predicted molar refractivity (Wildman–Crippen MR) is 137 cm³/mol. The van der Waals surface area contributed by atoms with E-state index in [-0.39, 0.29) is 17.5 Å². The maximum atomic E-state index is 13.0. The molecule has 35 heavy (non-hydrogen) atoms. The molecule has 0 spiro atoms. The molecule has 1 amide bonds. The lowest BCUT2D eigenvalue weighted by Crippen LogP contribution is -2.27. The molecule has 0 aliphatic heterocycles. The molecule has 0 saturated heterocycles. The van der Waals surface area contributed by atoms with Gasteiger partial charge in [0.2, 0.25) is 0 Å². The zero-order valence-electron chi connectivity index (χ0n) is 20.4. The Morgan fingerprint density at radius 3 is 2.51 bits per heavy atom. The Kier molecular flexibility index (Phi) is 7.15. The second-order valence-corrected chi connectivity index (χ2v) is 8.32. The van der Waals surface area contributed by atoms with E-state index in [1.165, 1.54) is 0 Å². The molecule has 0 aliphatic rings. The number of nitrogens with one attached hydrogen (secondary N) is 1. The van der Waals surface area contributed by atoms with Crippen LogP contribution in [0.3, 0.4) is 0 Å². The number of methoxy groups -OCH3 is 1. The third-order valence-electron chi connectivity index (χ3n) is 5.83. The number of para-hydroxylation sites is 1. The minimum atomic E-state index is -0.245. The summed E-state index contributed by atoms with van der Waals surface area (Å²) in [5, 5.41) is 3.57. The molecule has 0 bridgehead atoms. The number of aromatic nitrogens is 2. The first kappa shape index (κ1) is 24.0. The van der Waals surface area contributed by atoms with E-state index in [0.717, 1.165) is 12.0 Å². The van der Waals surface area contributed by atoms with Gasteiger partial charge < -0.3 is 14.8 Å². The number of rotatable bonds is 8. The van der Waals surface area contributed by atoms with Gasteiger partial charge in [0.05, 0.1) is 36.3 Å². The van der Waals surface area contributed by atoms with Crippen LogP contribution < -0.4 is 20.3 Å². The highest BCUT2D eigenvalue weighted by atomic mass is 16.5. The Morgan fingerprint density at radius 2 is 1.80 bits per heavy atom. The van der Waals surface area contributed by atoms with Gasteiger partial charge >= 0.3 is 0 Å². The van der Waals surface area contributed by atoms with Crippen LogP contribution in [0.5, 0.6) is 11.5 Å². The van der Waals surface area contributed by atoms with Crippen LogP contribution in [0, 0.1) is 6.92 Å². The molecule has 0 aliphatic carbocycles. The summed E-state index contributed by atoms with van der Waals surface area (Å²) in [6, 6.07) is 19.6. The van der Waals surface area contributed by atoms with Gasteiger partial charge in [-0.05, 0) is 74.4 Å². The first-order valence-electron chi connectivity index (χ1n) is 11.6. The normalized spacial score (nSPS) is 11.8. The van der Waals surface area contributed by atoms with Gasteiger partial charge in [-0.2, -0.15) is 0 Å². The monoisotopic (exact) mass is 471 g/mol. The Balaban J connectivity index is 1.52. The number of benzene rings is 3. The zero-order valence-corrected chi connectivity index (χ0v) is 20.4. The van der Waals surface area contributed by atoms with Crippen molar-refractivity contribution >= 4 is 16.8 Å². The molecular formula is C28H29N3O4. The number of nitrogens with zero attached hydrogens (tertiary/aromatic N) is 2. The van der Waals surface area contributed by atoms with E-state index in [9.17, 15) is 9.59 Å². The average molecular weight is 472 g/mol. The molecule has 180 valence electrons. The number of hydrogen-bond acceptors (Lipinski definition) is 5. The standard InChI is InChI=1S/C28H29N3O4/c1-5-16-35-25-15-12-21(17-26(25)34-4)18(2)29-27(32)20-10-13-22(14-11-20)31-19(3)30-24-9-7-6-8-23(24)28(31)33/h6-15,17-18H,5,16H2,1-4H3,(H,29,32). The van der Waals surface area contributed by atoms with Crippen molar-refractivity contribution < 1.29 is 14.3 Å². The summed E-state index contributed by atoms with van der Waals surface area (Å²) in [7, 11) is 1.60. The van der Waals surface area contributed by atoms with E-state index in [0.29, 0.717) is 46.1 Å². The van der Waals surface area contributed by atoms with E-state index in [4.69, 9.17) is 9.47 Å². The van der Waals surface area contributed by atoms with E-state index < -0.39 is 0 Å². The second kappa shape index (κ2) is 10.4. The maximum absolute atomic E-state index is 13.0. The number of carbonyl (C=O) groups excluding carboxylic acids is 1. The van der Waals surface area contributed by atoms with Gasteiger partial charge in [-0.25, -0.2) is 4.98 Å². The highest BCUT2D eigenvalue weighted by Gasteiger charge is 2.15. The molecule has 1 aromatic heterocycles. The fourth-order valence-corrected chi connectivity index (χ4v) is 3.96. The highest BCUT2D eigenvalue weighted by molar-refractivity contribution is 5.94.